The van der Waals surface area contributed by atoms with Gasteiger partial charge < -0.3 is 10.1 Å². The van der Waals surface area contributed by atoms with Crippen LogP contribution in [0.4, 0.5) is 5.69 Å². The molecule has 7 heteroatoms. The summed E-state index contributed by atoms with van der Waals surface area (Å²) in [5.74, 6) is 0.597. The van der Waals surface area contributed by atoms with Crippen LogP contribution < -0.4 is 14.4 Å². The average molecular weight is 467 g/mol. The van der Waals surface area contributed by atoms with Gasteiger partial charge in [-0.3, -0.25) is 9.10 Å². The summed E-state index contributed by atoms with van der Waals surface area (Å²) in [5, 5.41) is 2.84. The summed E-state index contributed by atoms with van der Waals surface area (Å²) in [7, 11) is -3.48. The number of hydrogen-bond acceptors (Lipinski definition) is 4. The fourth-order valence-electron chi connectivity index (χ4n) is 3.57. The Kier molecular flexibility index (Phi) is 7.76. The van der Waals surface area contributed by atoms with Gasteiger partial charge in [0.25, 0.3) is 5.91 Å². The summed E-state index contributed by atoms with van der Waals surface area (Å²) in [4.78, 5) is 12.4. The number of amides is 1. The van der Waals surface area contributed by atoms with Crippen LogP contribution in [0.1, 0.15) is 32.6 Å². The Balaban J connectivity index is 1.61. The topological polar surface area (TPSA) is 75.7 Å². The van der Waals surface area contributed by atoms with Gasteiger partial charge in [-0.25, -0.2) is 8.42 Å². The Labute approximate surface area is 196 Å². The molecule has 33 heavy (non-hydrogen) atoms. The number of para-hydroxylation sites is 1. The van der Waals surface area contributed by atoms with E-state index >= 15 is 0 Å². The van der Waals surface area contributed by atoms with Crippen LogP contribution in [-0.2, 0) is 16.6 Å². The van der Waals surface area contributed by atoms with Crippen molar-refractivity contribution in [1.82, 2.24) is 5.32 Å². The molecule has 0 unspecified atom stereocenters. The van der Waals surface area contributed by atoms with Crippen molar-refractivity contribution in [3.05, 3.63) is 94.5 Å². The summed E-state index contributed by atoms with van der Waals surface area (Å²) in [6.45, 7) is 6.79. The van der Waals surface area contributed by atoms with E-state index in [0.29, 0.717) is 24.4 Å². The number of nitrogens with zero attached hydrogens (tertiary/aromatic N) is 1. The quantitative estimate of drug-likeness (QED) is 0.475. The molecule has 3 rings (SSSR count). The number of anilines is 1. The van der Waals surface area contributed by atoms with Crippen molar-refractivity contribution >= 4 is 21.6 Å². The predicted octanol–water partition coefficient (Wildman–Crippen LogP) is 4.39. The lowest BCUT2D eigenvalue weighted by Gasteiger charge is -2.23. The largest absolute Gasteiger partial charge is 0.491 e. The smallest absolute Gasteiger partial charge is 0.251 e. The molecule has 0 bridgehead atoms. The number of carbonyl (C=O) groups is 1. The zero-order valence-electron chi connectivity index (χ0n) is 19.5. The first-order valence-corrected chi connectivity index (χ1v) is 12.6. The van der Waals surface area contributed by atoms with Crippen LogP contribution in [0.3, 0.4) is 0 Å². The summed E-state index contributed by atoms with van der Waals surface area (Å²) in [6.07, 6.45) is 1.20. The van der Waals surface area contributed by atoms with E-state index in [0.717, 1.165) is 28.0 Å². The number of aryl methyl sites for hydroxylation is 3. The van der Waals surface area contributed by atoms with Crippen LogP contribution in [0.15, 0.2) is 66.7 Å². The highest BCUT2D eigenvalue weighted by atomic mass is 32.2. The van der Waals surface area contributed by atoms with Crippen LogP contribution in [0, 0.1) is 20.8 Å². The fourth-order valence-corrected chi connectivity index (χ4v) is 4.44. The Bertz CT molecular complexity index is 1200. The second-order valence-electron chi connectivity index (χ2n) is 8.18. The molecule has 174 valence electrons. The predicted molar refractivity (Wildman–Crippen MR) is 132 cm³/mol. The molecule has 0 aliphatic rings. The molecule has 1 amide bonds. The van der Waals surface area contributed by atoms with E-state index in [1.807, 2.05) is 63.2 Å². The van der Waals surface area contributed by atoms with Crippen molar-refractivity contribution in [2.24, 2.45) is 0 Å². The first-order valence-electron chi connectivity index (χ1n) is 10.7. The maximum absolute atomic E-state index is 12.5. The van der Waals surface area contributed by atoms with Crippen LogP contribution in [0.2, 0.25) is 0 Å². The number of benzene rings is 3. The van der Waals surface area contributed by atoms with Gasteiger partial charge in [-0.2, -0.15) is 0 Å². The maximum atomic E-state index is 12.5. The molecule has 6 nitrogen and oxygen atoms in total. The number of carbonyl (C=O) groups excluding carboxylic acids is 1. The second-order valence-corrected chi connectivity index (χ2v) is 10.1. The minimum Gasteiger partial charge on any atom is -0.491 e. The number of nitrogens with one attached hydrogen (secondary N) is 1. The number of sulfonamides is 1. The van der Waals surface area contributed by atoms with Crippen molar-refractivity contribution in [1.29, 1.82) is 0 Å². The van der Waals surface area contributed by atoms with Crippen LogP contribution in [-0.4, -0.2) is 33.7 Å². The number of hydrogen-bond donors (Lipinski definition) is 1. The summed E-state index contributed by atoms with van der Waals surface area (Å²) >= 11 is 0. The molecule has 0 saturated carbocycles. The molecule has 0 aliphatic heterocycles. The van der Waals surface area contributed by atoms with E-state index in [4.69, 9.17) is 4.74 Å². The highest BCUT2D eigenvalue weighted by molar-refractivity contribution is 7.92. The summed E-state index contributed by atoms with van der Waals surface area (Å²) in [6, 6.07) is 20.4. The van der Waals surface area contributed by atoms with Gasteiger partial charge in [0, 0.05) is 5.56 Å². The van der Waals surface area contributed by atoms with Crippen molar-refractivity contribution < 1.29 is 17.9 Å². The van der Waals surface area contributed by atoms with E-state index in [1.54, 1.807) is 24.3 Å². The zero-order valence-corrected chi connectivity index (χ0v) is 20.3. The average Bonchev–Trinajstić information content (AvgIpc) is 2.75. The van der Waals surface area contributed by atoms with Crippen molar-refractivity contribution in [2.45, 2.75) is 27.3 Å². The summed E-state index contributed by atoms with van der Waals surface area (Å²) < 4.78 is 32.0. The van der Waals surface area contributed by atoms with E-state index in [-0.39, 0.29) is 12.5 Å². The van der Waals surface area contributed by atoms with Gasteiger partial charge in [0.1, 0.15) is 12.4 Å². The van der Waals surface area contributed by atoms with Gasteiger partial charge in [-0.1, -0.05) is 36.4 Å². The van der Waals surface area contributed by atoms with Gasteiger partial charge in [-0.05, 0) is 73.4 Å². The second kappa shape index (κ2) is 10.5. The molecule has 0 aliphatic carbocycles. The molecule has 0 spiro atoms. The molecule has 0 radical (unpaired) electrons. The fraction of sp³-hybridized carbons (Fsp3) is 0.269. The third-order valence-corrected chi connectivity index (χ3v) is 6.32. The zero-order chi connectivity index (χ0) is 24.0. The molecule has 3 aromatic rings. The first kappa shape index (κ1) is 24.3. The van der Waals surface area contributed by atoms with Gasteiger partial charge in [0.15, 0.2) is 0 Å². The van der Waals surface area contributed by atoms with E-state index in [1.165, 1.54) is 10.6 Å². The summed E-state index contributed by atoms with van der Waals surface area (Å²) in [5.41, 5.74) is 4.97. The maximum Gasteiger partial charge on any atom is 0.251 e. The molecule has 0 heterocycles. The Hall–Kier alpha value is -3.32. The number of rotatable bonds is 9. The highest BCUT2D eigenvalue weighted by Crippen LogP contribution is 2.24. The molecule has 3 aromatic carbocycles. The molecule has 0 fully saturated rings. The molecule has 1 N–H and O–H groups in total. The molecule has 0 atom stereocenters. The molecule has 0 aromatic heterocycles. The van der Waals surface area contributed by atoms with Crippen LogP contribution in [0.25, 0.3) is 0 Å². The van der Waals surface area contributed by atoms with E-state index in [2.05, 4.69) is 5.32 Å². The SMILES string of the molecule is Cc1cc(C)cc(N(Cc2ccc(C(=O)NCCOc3ccccc3C)cc2)S(C)(=O)=O)c1. The molecule has 0 saturated heterocycles. The molecular formula is C26H30N2O4S. The lowest BCUT2D eigenvalue weighted by Crippen LogP contribution is -2.30. The van der Waals surface area contributed by atoms with Gasteiger partial charge in [0.05, 0.1) is 25.0 Å². The van der Waals surface area contributed by atoms with Gasteiger partial charge in [0.2, 0.25) is 10.0 Å². The lowest BCUT2D eigenvalue weighted by molar-refractivity contribution is 0.0947. The van der Waals surface area contributed by atoms with Crippen LogP contribution >= 0.6 is 0 Å². The standard InChI is InChI=1S/C26H30N2O4S/c1-19-15-20(2)17-24(16-19)28(33(4,30)31)18-22-9-11-23(12-10-22)26(29)27-13-14-32-25-8-6-5-7-21(25)3/h5-12,15-17H,13-14,18H2,1-4H3,(H,27,29). The first-order chi connectivity index (χ1) is 15.6. The minimum absolute atomic E-state index is 0.188. The number of ether oxygens (including phenoxy) is 1. The lowest BCUT2D eigenvalue weighted by atomic mass is 10.1. The van der Waals surface area contributed by atoms with Crippen molar-refractivity contribution in [3.8, 4) is 5.75 Å². The molecular weight excluding hydrogens is 436 g/mol. The monoisotopic (exact) mass is 466 g/mol. The Morgan fingerprint density at radius 3 is 2.18 bits per heavy atom. The third kappa shape index (κ3) is 6.83. The van der Waals surface area contributed by atoms with Crippen LogP contribution in [0.5, 0.6) is 5.75 Å². The Morgan fingerprint density at radius 1 is 0.939 bits per heavy atom. The normalized spacial score (nSPS) is 11.2. The van der Waals surface area contributed by atoms with Gasteiger partial charge >= 0.3 is 0 Å². The highest BCUT2D eigenvalue weighted by Gasteiger charge is 2.19. The van der Waals surface area contributed by atoms with Crippen molar-refractivity contribution in [2.75, 3.05) is 23.7 Å². The van der Waals surface area contributed by atoms with E-state index in [9.17, 15) is 13.2 Å². The van der Waals surface area contributed by atoms with Gasteiger partial charge in [-0.15, -0.1) is 0 Å². The van der Waals surface area contributed by atoms with E-state index < -0.39 is 10.0 Å². The van der Waals surface area contributed by atoms with Crippen molar-refractivity contribution in [3.63, 3.8) is 0 Å². The Morgan fingerprint density at radius 2 is 1.58 bits per heavy atom. The third-order valence-electron chi connectivity index (χ3n) is 5.18. The minimum atomic E-state index is -3.48.